The molecule has 87 heavy (non-hydrogen) atoms. The highest BCUT2D eigenvalue weighted by Crippen LogP contribution is 2.24. The molecule has 9 unspecified atom stereocenters. The van der Waals surface area contributed by atoms with Crippen molar-refractivity contribution in [3.8, 4) is 0 Å². The number of amides is 1. The molecule has 11 heteroatoms. The largest absolute Gasteiger partial charge is 0.394 e. The molecule has 11 nitrogen and oxygen atoms in total. The van der Waals surface area contributed by atoms with Crippen molar-refractivity contribution in [1.29, 1.82) is 0 Å². The molecule has 8 N–H and O–H groups in total. The van der Waals surface area contributed by atoms with Gasteiger partial charge < -0.3 is 50.5 Å². The summed E-state index contributed by atoms with van der Waals surface area (Å²) in [5, 5.41) is 76.6. The molecule has 1 amide bonds. The van der Waals surface area contributed by atoms with Crippen LogP contribution in [0.15, 0.2) is 36.5 Å². The van der Waals surface area contributed by atoms with Gasteiger partial charge in [0.1, 0.15) is 36.6 Å². The average molecular weight is 1230 g/mol. The van der Waals surface area contributed by atoms with Gasteiger partial charge in [0.25, 0.3) is 0 Å². The summed E-state index contributed by atoms with van der Waals surface area (Å²) in [6.07, 6.45) is 72.5. The second-order valence-corrected chi connectivity index (χ2v) is 26.7. The van der Waals surface area contributed by atoms with Gasteiger partial charge in [-0.3, -0.25) is 4.79 Å². The highest BCUT2D eigenvalue weighted by Gasteiger charge is 2.44. The summed E-state index contributed by atoms with van der Waals surface area (Å²) in [6.45, 7) is 3.50. The lowest BCUT2D eigenvalue weighted by Gasteiger charge is -2.40. The summed E-state index contributed by atoms with van der Waals surface area (Å²) in [4.78, 5) is 13.3. The van der Waals surface area contributed by atoms with Crippen LogP contribution in [0.25, 0.3) is 0 Å². The number of aliphatic hydroxyl groups excluding tert-OH is 7. The molecule has 0 aliphatic carbocycles. The van der Waals surface area contributed by atoms with Crippen molar-refractivity contribution in [2.75, 3.05) is 13.2 Å². The van der Waals surface area contributed by atoms with Crippen LogP contribution in [-0.4, -0.2) is 110 Å². The predicted octanol–water partition coefficient (Wildman–Crippen LogP) is 18.9. The molecule has 0 saturated carbocycles. The van der Waals surface area contributed by atoms with Gasteiger partial charge in [-0.1, -0.05) is 333 Å². The predicted molar refractivity (Wildman–Crippen MR) is 367 cm³/mol. The lowest BCUT2D eigenvalue weighted by atomic mass is 9.98. The summed E-state index contributed by atoms with van der Waals surface area (Å²) >= 11 is 0. The Balaban J connectivity index is 2.19. The molecule has 0 aromatic rings. The van der Waals surface area contributed by atoms with Crippen LogP contribution in [0, 0.1) is 0 Å². The molecule has 1 rings (SSSR count). The van der Waals surface area contributed by atoms with E-state index in [-0.39, 0.29) is 12.8 Å². The Morgan fingerprint density at radius 2 is 0.690 bits per heavy atom. The van der Waals surface area contributed by atoms with E-state index >= 15 is 0 Å². The van der Waals surface area contributed by atoms with Crippen LogP contribution < -0.4 is 5.32 Å². The lowest BCUT2D eigenvalue weighted by Crippen LogP contribution is -2.60. The minimum atomic E-state index is -1.67. The van der Waals surface area contributed by atoms with Crippen molar-refractivity contribution < 1.29 is 50.0 Å². The number of rotatable bonds is 67. The minimum absolute atomic E-state index is 0.248. The Hall–Kier alpha value is -1.67. The highest BCUT2D eigenvalue weighted by atomic mass is 16.7. The van der Waals surface area contributed by atoms with E-state index in [0.717, 1.165) is 38.5 Å². The topological polar surface area (TPSA) is 189 Å². The number of nitrogens with one attached hydrogen (secondary N) is 1. The van der Waals surface area contributed by atoms with Crippen molar-refractivity contribution in [1.82, 2.24) is 5.32 Å². The van der Waals surface area contributed by atoms with E-state index in [1.54, 1.807) is 0 Å². The van der Waals surface area contributed by atoms with E-state index < -0.39 is 74.2 Å². The monoisotopic (exact) mass is 1230 g/mol. The first-order valence-electron chi connectivity index (χ1n) is 37.9. The lowest BCUT2D eigenvalue weighted by molar-refractivity contribution is -0.303. The first-order valence-corrected chi connectivity index (χ1v) is 37.9. The first kappa shape index (κ1) is 83.3. The summed E-state index contributed by atoms with van der Waals surface area (Å²) in [7, 11) is 0. The molecule has 0 radical (unpaired) electrons. The second-order valence-electron chi connectivity index (χ2n) is 26.7. The van der Waals surface area contributed by atoms with Crippen molar-refractivity contribution in [3.05, 3.63) is 36.5 Å². The third kappa shape index (κ3) is 51.5. The minimum Gasteiger partial charge on any atom is -0.394 e. The van der Waals surface area contributed by atoms with Crippen molar-refractivity contribution in [2.45, 2.75) is 428 Å². The molecule has 0 aromatic carbocycles. The number of carbonyl (C=O) groups is 1. The molecular formula is C76H145NO10. The number of aliphatic hydroxyl groups is 7. The number of hydrogen-bond acceptors (Lipinski definition) is 10. The van der Waals surface area contributed by atoms with Gasteiger partial charge in [0.2, 0.25) is 5.91 Å². The number of ether oxygens (including phenoxy) is 2. The molecule has 1 heterocycles. The summed E-state index contributed by atoms with van der Waals surface area (Å²) in [5.41, 5.74) is 0. The third-order valence-electron chi connectivity index (χ3n) is 18.4. The van der Waals surface area contributed by atoms with Gasteiger partial charge in [0, 0.05) is 0 Å². The van der Waals surface area contributed by atoms with Gasteiger partial charge in [-0.15, -0.1) is 0 Å². The van der Waals surface area contributed by atoms with Crippen LogP contribution in [0.3, 0.4) is 0 Å². The Morgan fingerprint density at radius 1 is 0.391 bits per heavy atom. The van der Waals surface area contributed by atoms with Crippen LogP contribution in [0.5, 0.6) is 0 Å². The van der Waals surface area contributed by atoms with Gasteiger partial charge in [0.15, 0.2) is 6.29 Å². The second kappa shape index (κ2) is 64.4. The van der Waals surface area contributed by atoms with Gasteiger partial charge in [-0.05, 0) is 77.0 Å². The van der Waals surface area contributed by atoms with E-state index in [4.69, 9.17) is 9.47 Å². The molecule has 1 aliphatic heterocycles. The maximum Gasteiger partial charge on any atom is 0.249 e. The van der Waals surface area contributed by atoms with Crippen molar-refractivity contribution in [3.63, 3.8) is 0 Å². The zero-order valence-electron chi connectivity index (χ0n) is 57.0. The molecule has 1 aliphatic rings. The SMILES string of the molecule is CCCCCCCCCCCCCC/C=C\CCCCCCCCCCCCCCCCCC(O)C(=O)NC(COC1OC(CO)C(O)C(O)C1O)C(O)C(O)CCC/C=C/CC/C=C/CCCCCCCCCCCCCCCCCCCCCC. The summed E-state index contributed by atoms with van der Waals surface area (Å²) in [5.74, 6) is -0.704. The smallest absolute Gasteiger partial charge is 0.249 e. The quantitative estimate of drug-likeness (QED) is 0.0215. The normalized spacial score (nSPS) is 18.8. The van der Waals surface area contributed by atoms with Crippen LogP contribution in [0.1, 0.15) is 373 Å². The fourth-order valence-electron chi connectivity index (χ4n) is 12.3. The molecule has 514 valence electrons. The van der Waals surface area contributed by atoms with E-state index in [0.29, 0.717) is 19.3 Å². The molecule has 9 atom stereocenters. The van der Waals surface area contributed by atoms with Gasteiger partial charge in [-0.25, -0.2) is 0 Å². The zero-order chi connectivity index (χ0) is 63.1. The van der Waals surface area contributed by atoms with E-state index in [1.807, 2.05) is 0 Å². The number of hydrogen-bond donors (Lipinski definition) is 8. The van der Waals surface area contributed by atoms with Gasteiger partial charge >= 0.3 is 0 Å². The molecule has 1 fully saturated rings. The summed E-state index contributed by atoms with van der Waals surface area (Å²) < 4.78 is 11.2. The molecule has 1 saturated heterocycles. The van der Waals surface area contributed by atoms with Crippen LogP contribution in [-0.2, 0) is 14.3 Å². The number of unbranched alkanes of at least 4 members (excludes halogenated alkanes) is 49. The van der Waals surface area contributed by atoms with E-state index in [1.165, 1.54) is 289 Å². The fraction of sp³-hybridized carbons (Fsp3) is 0.908. The Morgan fingerprint density at radius 3 is 1.02 bits per heavy atom. The zero-order valence-corrected chi connectivity index (χ0v) is 57.0. The Bertz CT molecular complexity index is 1510. The molecule has 0 aromatic heterocycles. The van der Waals surface area contributed by atoms with E-state index in [2.05, 4.69) is 55.6 Å². The molecule has 0 bridgehead atoms. The average Bonchev–Trinajstić information content (AvgIpc) is 2.18. The highest BCUT2D eigenvalue weighted by molar-refractivity contribution is 5.80. The summed E-state index contributed by atoms with van der Waals surface area (Å²) in [6, 6.07) is -1.19. The molecular weight excluding hydrogens is 1090 g/mol. The van der Waals surface area contributed by atoms with Crippen LogP contribution >= 0.6 is 0 Å². The first-order chi connectivity index (χ1) is 42.7. The Labute approximate surface area is 537 Å². The van der Waals surface area contributed by atoms with Crippen LogP contribution in [0.4, 0.5) is 0 Å². The third-order valence-corrected chi connectivity index (χ3v) is 18.4. The van der Waals surface area contributed by atoms with E-state index in [9.17, 15) is 40.5 Å². The Kier molecular flexibility index (Phi) is 61.7. The standard InChI is InChI=1S/C76H145NO10/c1-3-5-7-9-11-13-15-17-19-21-23-25-27-29-31-33-34-36-38-40-42-44-46-48-50-52-54-56-58-60-62-64-69(80)75(85)77-67(66-86-76-74(84)73(83)72(82)70(65-78)87-76)71(81)68(79)63-61-59-57-55-53-51-49-47-45-43-41-39-37-35-32-30-28-26-24-22-20-18-16-14-12-10-8-6-4-2/h29,31,47,49,55,57,67-74,76,78-84H,3-28,30,32-46,48,50-54,56,58-66H2,1-2H3,(H,77,85)/b31-29-,49-47+,57-55+. The van der Waals surface area contributed by atoms with Crippen LogP contribution in [0.2, 0.25) is 0 Å². The van der Waals surface area contributed by atoms with Crippen molar-refractivity contribution in [2.24, 2.45) is 0 Å². The number of allylic oxidation sites excluding steroid dienone is 6. The maximum absolute atomic E-state index is 13.3. The maximum atomic E-state index is 13.3. The van der Waals surface area contributed by atoms with Crippen molar-refractivity contribution >= 4 is 5.91 Å². The molecule has 0 spiro atoms. The van der Waals surface area contributed by atoms with Gasteiger partial charge in [0.05, 0.1) is 25.4 Å². The number of carbonyl (C=O) groups excluding carboxylic acids is 1. The fourth-order valence-corrected chi connectivity index (χ4v) is 12.3. The van der Waals surface area contributed by atoms with Gasteiger partial charge in [-0.2, -0.15) is 0 Å².